The summed E-state index contributed by atoms with van der Waals surface area (Å²) in [7, 11) is 0. The summed E-state index contributed by atoms with van der Waals surface area (Å²) in [6.45, 7) is 3.00. The lowest BCUT2D eigenvalue weighted by Gasteiger charge is -2.25. The van der Waals surface area contributed by atoms with E-state index in [-0.39, 0.29) is 30.9 Å². The van der Waals surface area contributed by atoms with Crippen LogP contribution in [0.5, 0.6) is 5.75 Å². The fourth-order valence-corrected chi connectivity index (χ4v) is 3.50. The van der Waals surface area contributed by atoms with Crippen molar-refractivity contribution < 1.29 is 34.5 Å². The maximum absolute atomic E-state index is 13.3. The predicted octanol–water partition coefficient (Wildman–Crippen LogP) is -1.19. The number of imidazole rings is 1. The molecule has 0 saturated heterocycles. The third-order valence-corrected chi connectivity index (χ3v) is 5.48. The smallest absolute Gasteiger partial charge is 0.326 e. The van der Waals surface area contributed by atoms with Gasteiger partial charge < -0.3 is 42.0 Å². The summed E-state index contributed by atoms with van der Waals surface area (Å²) in [4.78, 5) is 57.2. The molecule has 0 saturated carbocycles. The molecular weight excluding hydrogens is 484 g/mol. The minimum absolute atomic E-state index is 0.0132. The summed E-state index contributed by atoms with van der Waals surface area (Å²) >= 11 is 0. The van der Waals surface area contributed by atoms with Gasteiger partial charge in [-0.2, -0.15) is 0 Å². The highest BCUT2D eigenvalue weighted by molar-refractivity contribution is 5.94. The number of aromatic nitrogens is 2. The first-order valence-electron chi connectivity index (χ1n) is 11.8. The Hall–Kier alpha value is -3.97. The molecule has 9 N–H and O–H groups in total. The number of aliphatic hydroxyl groups excluding tert-OH is 1. The van der Waals surface area contributed by atoms with Crippen molar-refractivity contribution in [2.45, 2.75) is 57.3 Å². The van der Waals surface area contributed by atoms with Crippen LogP contribution in [0.2, 0.25) is 0 Å². The number of amides is 3. The molecular formula is C24H34N6O7. The van der Waals surface area contributed by atoms with Gasteiger partial charge in [-0.25, -0.2) is 9.78 Å². The monoisotopic (exact) mass is 518 g/mol. The van der Waals surface area contributed by atoms with E-state index in [9.17, 15) is 34.5 Å². The number of H-pyrrole nitrogens is 1. The number of carbonyl (C=O) groups excluding carboxylic acids is 3. The number of carbonyl (C=O) groups is 4. The summed E-state index contributed by atoms with van der Waals surface area (Å²) in [5.74, 6) is -3.45. The van der Waals surface area contributed by atoms with Crippen LogP contribution >= 0.6 is 0 Å². The van der Waals surface area contributed by atoms with E-state index in [1.54, 1.807) is 12.1 Å². The van der Waals surface area contributed by atoms with E-state index in [0.717, 1.165) is 0 Å². The number of carboxylic acid groups (broad SMARTS) is 1. The molecule has 0 radical (unpaired) electrons. The third-order valence-electron chi connectivity index (χ3n) is 5.48. The lowest BCUT2D eigenvalue weighted by Crippen LogP contribution is -2.58. The number of aromatic hydroxyl groups is 1. The fraction of sp³-hybridized carbons (Fsp3) is 0.458. The number of benzene rings is 1. The van der Waals surface area contributed by atoms with E-state index in [0.29, 0.717) is 11.3 Å². The second kappa shape index (κ2) is 13.9. The highest BCUT2D eigenvalue weighted by Crippen LogP contribution is 2.13. The number of carboxylic acids is 1. The summed E-state index contributed by atoms with van der Waals surface area (Å²) in [6.07, 6.45) is 3.00. The molecule has 0 aliphatic carbocycles. The van der Waals surface area contributed by atoms with Gasteiger partial charge in [0.1, 0.15) is 29.9 Å². The minimum Gasteiger partial charge on any atom is -0.508 e. The third kappa shape index (κ3) is 9.54. The molecule has 202 valence electrons. The average Bonchev–Trinajstić information content (AvgIpc) is 3.36. The van der Waals surface area contributed by atoms with E-state index in [1.165, 1.54) is 24.7 Å². The fourth-order valence-electron chi connectivity index (χ4n) is 3.50. The zero-order chi connectivity index (χ0) is 27.5. The average molecular weight is 519 g/mol. The van der Waals surface area contributed by atoms with Gasteiger partial charge in [-0.1, -0.05) is 26.0 Å². The van der Waals surface area contributed by atoms with Gasteiger partial charge in [0, 0.05) is 24.7 Å². The molecule has 1 heterocycles. The number of hydrogen-bond acceptors (Lipinski definition) is 8. The maximum atomic E-state index is 13.3. The van der Waals surface area contributed by atoms with Crippen molar-refractivity contribution in [3.05, 3.63) is 48.0 Å². The van der Waals surface area contributed by atoms with Crippen LogP contribution in [0.4, 0.5) is 0 Å². The molecule has 13 nitrogen and oxygen atoms in total. The van der Waals surface area contributed by atoms with Gasteiger partial charge in [0.25, 0.3) is 0 Å². The number of aliphatic hydroxyl groups is 1. The number of aliphatic carboxylic acids is 1. The second-order valence-corrected chi connectivity index (χ2v) is 9.09. The van der Waals surface area contributed by atoms with Crippen molar-refractivity contribution in [2.75, 3.05) is 6.61 Å². The quantitative estimate of drug-likeness (QED) is 0.150. The molecule has 4 unspecified atom stereocenters. The Kier molecular flexibility index (Phi) is 11.0. The molecule has 37 heavy (non-hydrogen) atoms. The lowest BCUT2D eigenvalue weighted by atomic mass is 10.0. The topological polar surface area (TPSA) is 220 Å². The van der Waals surface area contributed by atoms with Crippen molar-refractivity contribution >= 4 is 23.7 Å². The molecule has 0 spiro atoms. The Morgan fingerprint density at radius 3 is 2.03 bits per heavy atom. The van der Waals surface area contributed by atoms with Crippen molar-refractivity contribution in [1.82, 2.24) is 25.9 Å². The number of phenols is 1. The van der Waals surface area contributed by atoms with Crippen molar-refractivity contribution in [3.63, 3.8) is 0 Å². The number of phenolic OH excluding ortho intramolecular Hbond substituents is 1. The first kappa shape index (κ1) is 29.3. The highest BCUT2D eigenvalue weighted by Gasteiger charge is 2.31. The zero-order valence-corrected chi connectivity index (χ0v) is 20.7. The number of nitrogens with one attached hydrogen (secondary N) is 4. The van der Waals surface area contributed by atoms with Crippen LogP contribution in [0.1, 0.15) is 31.5 Å². The first-order valence-corrected chi connectivity index (χ1v) is 11.8. The van der Waals surface area contributed by atoms with E-state index in [4.69, 9.17) is 5.73 Å². The van der Waals surface area contributed by atoms with Gasteiger partial charge in [-0.05, 0) is 30.0 Å². The van der Waals surface area contributed by atoms with Crippen LogP contribution in [-0.2, 0) is 32.0 Å². The van der Waals surface area contributed by atoms with Crippen molar-refractivity contribution in [1.29, 1.82) is 0 Å². The Labute approximate surface area is 213 Å². The van der Waals surface area contributed by atoms with E-state index in [1.807, 2.05) is 13.8 Å². The first-order chi connectivity index (χ1) is 17.5. The van der Waals surface area contributed by atoms with Gasteiger partial charge in [-0.15, -0.1) is 0 Å². The molecule has 0 fully saturated rings. The molecule has 0 aliphatic rings. The Balaban J connectivity index is 2.29. The molecule has 0 bridgehead atoms. The highest BCUT2D eigenvalue weighted by atomic mass is 16.4. The predicted molar refractivity (Wildman–Crippen MR) is 132 cm³/mol. The van der Waals surface area contributed by atoms with Gasteiger partial charge in [0.2, 0.25) is 17.7 Å². The molecule has 13 heteroatoms. The Bertz CT molecular complexity index is 1040. The van der Waals surface area contributed by atoms with E-state index in [2.05, 4.69) is 25.9 Å². The minimum atomic E-state index is -1.26. The summed E-state index contributed by atoms with van der Waals surface area (Å²) < 4.78 is 0. The number of nitrogens with zero attached hydrogens (tertiary/aromatic N) is 1. The van der Waals surface area contributed by atoms with E-state index >= 15 is 0 Å². The Morgan fingerprint density at radius 1 is 0.946 bits per heavy atom. The van der Waals surface area contributed by atoms with Crippen LogP contribution in [0.25, 0.3) is 0 Å². The standard InChI is InChI=1S/C24H34N6O7/c1-13(2)7-20(24(36)37)30-22(34)18(8-14-3-5-16(32)6-4-14)29-23(35)19(9-15-10-26-12-27-15)28-21(33)17(25)11-31/h3-6,10,12-13,17-20,31-32H,7-9,11,25H2,1-2H3,(H,26,27)(H,28,33)(H,29,35)(H,30,34)(H,36,37). The number of rotatable bonds is 14. The van der Waals surface area contributed by atoms with Crippen LogP contribution < -0.4 is 21.7 Å². The normalized spacial score (nSPS) is 14.3. The number of hydrogen-bond donors (Lipinski definition) is 8. The number of nitrogens with two attached hydrogens (primary N) is 1. The molecule has 1 aromatic carbocycles. The number of aromatic amines is 1. The molecule has 0 aliphatic heterocycles. The zero-order valence-electron chi connectivity index (χ0n) is 20.7. The maximum Gasteiger partial charge on any atom is 0.326 e. The molecule has 1 aromatic heterocycles. The van der Waals surface area contributed by atoms with Crippen molar-refractivity contribution in [2.24, 2.45) is 11.7 Å². The molecule has 2 aromatic rings. The van der Waals surface area contributed by atoms with Crippen molar-refractivity contribution in [3.8, 4) is 5.75 Å². The van der Waals surface area contributed by atoms with Crippen LogP contribution in [0.15, 0.2) is 36.8 Å². The van der Waals surface area contributed by atoms with Crippen LogP contribution in [0, 0.1) is 5.92 Å². The van der Waals surface area contributed by atoms with Gasteiger partial charge in [-0.3, -0.25) is 14.4 Å². The largest absolute Gasteiger partial charge is 0.508 e. The molecule has 3 amide bonds. The molecule has 2 rings (SSSR count). The lowest BCUT2D eigenvalue weighted by molar-refractivity contribution is -0.142. The van der Waals surface area contributed by atoms with Gasteiger partial charge in [0.05, 0.1) is 12.9 Å². The van der Waals surface area contributed by atoms with Crippen LogP contribution in [0.3, 0.4) is 0 Å². The second-order valence-electron chi connectivity index (χ2n) is 9.09. The SMILES string of the molecule is CC(C)CC(NC(=O)C(Cc1ccc(O)cc1)NC(=O)C(Cc1cnc[nH]1)NC(=O)C(N)CO)C(=O)O. The van der Waals surface area contributed by atoms with Gasteiger partial charge in [0.15, 0.2) is 0 Å². The summed E-state index contributed by atoms with van der Waals surface area (Å²) in [6, 6.07) is 1.13. The Morgan fingerprint density at radius 2 is 1.51 bits per heavy atom. The van der Waals surface area contributed by atoms with Crippen LogP contribution in [-0.4, -0.2) is 79.8 Å². The summed E-state index contributed by atoms with van der Waals surface area (Å²) in [5, 5.41) is 35.8. The molecule has 4 atom stereocenters. The van der Waals surface area contributed by atoms with E-state index < -0.39 is 54.5 Å². The van der Waals surface area contributed by atoms with Gasteiger partial charge >= 0.3 is 5.97 Å². The summed E-state index contributed by atoms with van der Waals surface area (Å²) in [5.41, 5.74) is 6.67.